The summed E-state index contributed by atoms with van der Waals surface area (Å²) in [6.07, 6.45) is 2.84. The molecule has 0 saturated carbocycles. The molecular weight excluding hydrogens is 410 g/mol. The standard InChI is InChI=1S/C21H25NO5S2/c23-20-14-8-3-9-16-22(20)17-15-21(28(24,25)18-10-4-1-5-11-18)29(26,27)19-12-6-2-7-13-19/h1-2,4-7,10-13,21H,3,8-9,14-17H2. The first-order chi connectivity index (χ1) is 13.8. The quantitative estimate of drug-likeness (QED) is 0.667. The summed E-state index contributed by atoms with van der Waals surface area (Å²) in [6, 6.07) is 15.2. The molecule has 3 rings (SSSR count). The van der Waals surface area contributed by atoms with Crippen molar-refractivity contribution < 1.29 is 21.6 Å². The molecule has 1 fully saturated rings. The van der Waals surface area contributed by atoms with Crippen molar-refractivity contribution >= 4 is 25.6 Å². The van der Waals surface area contributed by atoms with Crippen LogP contribution in [0.4, 0.5) is 0 Å². The van der Waals surface area contributed by atoms with E-state index in [1.54, 1.807) is 41.3 Å². The van der Waals surface area contributed by atoms with Crippen LogP contribution in [-0.4, -0.2) is 45.3 Å². The molecule has 0 spiro atoms. The predicted molar refractivity (Wildman–Crippen MR) is 111 cm³/mol. The van der Waals surface area contributed by atoms with E-state index in [0.29, 0.717) is 13.0 Å². The van der Waals surface area contributed by atoms with Crippen molar-refractivity contribution in [1.29, 1.82) is 0 Å². The Kier molecular flexibility index (Phi) is 6.74. The van der Waals surface area contributed by atoms with E-state index < -0.39 is 24.3 Å². The van der Waals surface area contributed by atoms with Gasteiger partial charge in [0, 0.05) is 19.5 Å². The lowest BCUT2D eigenvalue weighted by Crippen LogP contribution is -2.38. The van der Waals surface area contributed by atoms with Crippen molar-refractivity contribution in [2.45, 2.75) is 46.5 Å². The Morgan fingerprint density at radius 1 is 0.759 bits per heavy atom. The molecule has 2 aromatic carbocycles. The first-order valence-electron chi connectivity index (χ1n) is 9.69. The predicted octanol–water partition coefficient (Wildman–Crippen LogP) is 3.05. The SMILES string of the molecule is O=C1CCCCCN1CCC(S(=O)(=O)c1ccccc1)S(=O)(=O)c1ccccc1. The molecule has 0 atom stereocenters. The summed E-state index contributed by atoms with van der Waals surface area (Å²) in [7, 11) is -8.32. The molecule has 0 aromatic heterocycles. The zero-order valence-electron chi connectivity index (χ0n) is 16.1. The van der Waals surface area contributed by atoms with E-state index in [9.17, 15) is 21.6 Å². The third kappa shape index (κ3) is 4.87. The van der Waals surface area contributed by atoms with Gasteiger partial charge >= 0.3 is 0 Å². The van der Waals surface area contributed by atoms with E-state index in [1.807, 2.05) is 0 Å². The Bertz CT molecular complexity index is 965. The van der Waals surface area contributed by atoms with Crippen molar-refractivity contribution in [3.63, 3.8) is 0 Å². The number of carbonyl (C=O) groups is 1. The van der Waals surface area contributed by atoms with Crippen LogP contribution in [0.25, 0.3) is 0 Å². The van der Waals surface area contributed by atoms with Gasteiger partial charge in [-0.1, -0.05) is 42.8 Å². The number of benzene rings is 2. The van der Waals surface area contributed by atoms with Crippen LogP contribution >= 0.6 is 0 Å². The minimum atomic E-state index is -4.16. The van der Waals surface area contributed by atoms with Crippen LogP contribution < -0.4 is 0 Å². The summed E-state index contributed by atoms with van der Waals surface area (Å²) in [4.78, 5) is 13.8. The molecular formula is C21H25NO5S2. The number of sulfone groups is 2. The van der Waals surface area contributed by atoms with Gasteiger partial charge < -0.3 is 4.90 Å². The molecule has 1 aliphatic heterocycles. The zero-order valence-corrected chi connectivity index (χ0v) is 17.7. The number of rotatable bonds is 7. The number of carbonyl (C=O) groups excluding carboxylic acids is 1. The summed E-state index contributed by atoms with van der Waals surface area (Å²) >= 11 is 0. The first kappa shape index (κ1) is 21.5. The van der Waals surface area contributed by atoms with Crippen LogP contribution in [-0.2, 0) is 24.5 Å². The molecule has 1 aliphatic rings. The molecule has 0 radical (unpaired) electrons. The summed E-state index contributed by atoms with van der Waals surface area (Å²) in [6.45, 7) is 0.629. The van der Waals surface area contributed by atoms with Gasteiger partial charge in [-0.3, -0.25) is 4.79 Å². The Labute approximate surface area is 172 Å². The van der Waals surface area contributed by atoms with Gasteiger partial charge in [0.05, 0.1) is 9.79 Å². The molecule has 0 N–H and O–H groups in total. The average molecular weight is 436 g/mol. The number of amides is 1. The van der Waals surface area contributed by atoms with E-state index in [-0.39, 0.29) is 28.7 Å². The molecule has 2 aromatic rings. The summed E-state index contributed by atoms with van der Waals surface area (Å²) in [5.74, 6) is -0.0459. The third-order valence-electron chi connectivity index (χ3n) is 5.14. The van der Waals surface area contributed by atoms with E-state index in [4.69, 9.17) is 0 Å². The number of hydrogen-bond donors (Lipinski definition) is 0. The molecule has 156 valence electrons. The Hall–Kier alpha value is -2.19. The number of hydrogen-bond acceptors (Lipinski definition) is 5. The summed E-state index contributed by atoms with van der Waals surface area (Å²) in [5.41, 5.74) is 0. The molecule has 1 heterocycles. The lowest BCUT2D eigenvalue weighted by Gasteiger charge is -2.24. The minimum Gasteiger partial charge on any atom is -0.343 e. The molecule has 0 bridgehead atoms. The zero-order chi connectivity index (χ0) is 20.9. The highest BCUT2D eigenvalue weighted by atomic mass is 32.3. The molecule has 1 saturated heterocycles. The topological polar surface area (TPSA) is 88.6 Å². The minimum absolute atomic E-state index is 0.0355. The summed E-state index contributed by atoms with van der Waals surface area (Å²) < 4.78 is 51.5. The fourth-order valence-electron chi connectivity index (χ4n) is 3.54. The highest BCUT2D eigenvalue weighted by molar-refractivity contribution is 8.09. The van der Waals surface area contributed by atoms with Gasteiger partial charge in [-0.2, -0.15) is 0 Å². The second-order valence-electron chi connectivity index (χ2n) is 7.13. The molecule has 8 heteroatoms. The highest BCUT2D eigenvalue weighted by Gasteiger charge is 2.40. The average Bonchev–Trinajstić information content (AvgIpc) is 2.93. The Morgan fingerprint density at radius 2 is 1.28 bits per heavy atom. The second-order valence-corrected chi connectivity index (χ2v) is 11.7. The normalized spacial score (nSPS) is 16.0. The number of likely N-dealkylation sites (tertiary alicyclic amines) is 1. The largest absolute Gasteiger partial charge is 0.343 e. The van der Waals surface area contributed by atoms with Crippen molar-refractivity contribution in [1.82, 2.24) is 4.90 Å². The van der Waals surface area contributed by atoms with Crippen LogP contribution in [0.3, 0.4) is 0 Å². The van der Waals surface area contributed by atoms with Crippen molar-refractivity contribution in [3.8, 4) is 0 Å². The lowest BCUT2D eigenvalue weighted by molar-refractivity contribution is -0.130. The highest BCUT2D eigenvalue weighted by Crippen LogP contribution is 2.28. The smallest absolute Gasteiger partial charge is 0.222 e. The van der Waals surface area contributed by atoms with Crippen LogP contribution in [0.5, 0.6) is 0 Å². The fourth-order valence-corrected chi connectivity index (χ4v) is 8.05. The molecule has 6 nitrogen and oxygen atoms in total. The lowest BCUT2D eigenvalue weighted by atomic mass is 10.2. The van der Waals surface area contributed by atoms with Crippen molar-refractivity contribution in [3.05, 3.63) is 60.7 Å². The van der Waals surface area contributed by atoms with Gasteiger partial charge in [0.25, 0.3) is 0 Å². The van der Waals surface area contributed by atoms with Crippen LogP contribution in [0.1, 0.15) is 32.1 Å². The molecule has 1 amide bonds. The molecule has 0 unspecified atom stereocenters. The van der Waals surface area contributed by atoms with Gasteiger partial charge in [0.2, 0.25) is 5.91 Å². The number of nitrogens with zero attached hydrogens (tertiary/aromatic N) is 1. The fraction of sp³-hybridized carbons (Fsp3) is 0.381. The maximum atomic E-state index is 13.3. The van der Waals surface area contributed by atoms with E-state index >= 15 is 0 Å². The molecule has 0 aliphatic carbocycles. The van der Waals surface area contributed by atoms with Gasteiger partial charge in [-0.25, -0.2) is 16.8 Å². The Balaban J connectivity index is 1.97. The first-order valence-corrected chi connectivity index (χ1v) is 12.8. The van der Waals surface area contributed by atoms with Crippen LogP contribution in [0.2, 0.25) is 0 Å². The van der Waals surface area contributed by atoms with Crippen molar-refractivity contribution in [2.24, 2.45) is 0 Å². The Morgan fingerprint density at radius 3 is 1.79 bits per heavy atom. The van der Waals surface area contributed by atoms with Crippen molar-refractivity contribution in [2.75, 3.05) is 13.1 Å². The third-order valence-corrected chi connectivity index (χ3v) is 10.4. The molecule has 29 heavy (non-hydrogen) atoms. The summed E-state index contributed by atoms with van der Waals surface area (Å²) in [5, 5.41) is 0. The van der Waals surface area contributed by atoms with E-state index in [0.717, 1.165) is 19.3 Å². The van der Waals surface area contributed by atoms with Gasteiger partial charge in [0.1, 0.15) is 0 Å². The van der Waals surface area contributed by atoms with E-state index in [1.165, 1.54) is 24.3 Å². The van der Waals surface area contributed by atoms with Gasteiger partial charge in [-0.15, -0.1) is 0 Å². The van der Waals surface area contributed by atoms with E-state index in [2.05, 4.69) is 0 Å². The van der Waals surface area contributed by atoms with Gasteiger partial charge in [-0.05, 0) is 43.5 Å². The van der Waals surface area contributed by atoms with Gasteiger partial charge in [0.15, 0.2) is 24.3 Å². The van der Waals surface area contributed by atoms with Crippen LogP contribution in [0.15, 0.2) is 70.5 Å². The monoisotopic (exact) mass is 435 g/mol. The maximum absolute atomic E-state index is 13.3. The van der Waals surface area contributed by atoms with Crippen LogP contribution in [0, 0.1) is 0 Å². The second kappa shape index (κ2) is 9.09. The maximum Gasteiger partial charge on any atom is 0.222 e.